The van der Waals surface area contributed by atoms with Gasteiger partial charge in [0.2, 0.25) is 5.91 Å². The summed E-state index contributed by atoms with van der Waals surface area (Å²) < 4.78 is 0. The highest BCUT2D eigenvalue weighted by Gasteiger charge is 2.17. The highest BCUT2D eigenvalue weighted by Crippen LogP contribution is 2.27. The van der Waals surface area contributed by atoms with Gasteiger partial charge in [0.05, 0.1) is 6.42 Å². The molecule has 4 heteroatoms. The van der Waals surface area contributed by atoms with Gasteiger partial charge in [-0.2, -0.15) is 0 Å². The first-order chi connectivity index (χ1) is 7.70. The molecule has 1 aromatic carbocycles. The Kier molecular flexibility index (Phi) is 3.10. The molecule has 0 atom stereocenters. The smallest absolute Gasteiger partial charge is 0.228 e. The molecule has 0 saturated carbocycles. The lowest BCUT2D eigenvalue weighted by Gasteiger charge is -2.19. The van der Waals surface area contributed by atoms with Crippen LogP contribution in [-0.4, -0.2) is 33.1 Å². The molecule has 2 N–H and O–H groups in total. The van der Waals surface area contributed by atoms with E-state index in [0.29, 0.717) is 6.42 Å². The third-order valence-electron chi connectivity index (χ3n) is 2.85. The van der Waals surface area contributed by atoms with Crippen molar-refractivity contribution in [1.29, 1.82) is 0 Å². The molecule has 16 heavy (non-hydrogen) atoms. The van der Waals surface area contributed by atoms with Crippen LogP contribution in [-0.2, 0) is 11.2 Å². The van der Waals surface area contributed by atoms with E-state index in [1.165, 1.54) is 0 Å². The van der Waals surface area contributed by atoms with Gasteiger partial charge < -0.3 is 15.5 Å². The second-order valence-electron chi connectivity index (χ2n) is 4.09. The van der Waals surface area contributed by atoms with Gasteiger partial charge in [-0.05, 0) is 30.8 Å². The van der Waals surface area contributed by atoms with Crippen LogP contribution in [0.3, 0.4) is 0 Å². The lowest BCUT2D eigenvalue weighted by molar-refractivity contribution is -0.115. The molecule has 0 aliphatic carbocycles. The number of rotatable bonds is 4. The first-order valence-corrected chi connectivity index (χ1v) is 5.49. The maximum atomic E-state index is 11.2. The van der Waals surface area contributed by atoms with E-state index >= 15 is 0 Å². The quantitative estimate of drug-likeness (QED) is 0.788. The fourth-order valence-corrected chi connectivity index (χ4v) is 1.86. The molecule has 1 aliphatic rings. The molecule has 1 amide bonds. The van der Waals surface area contributed by atoms with Crippen LogP contribution in [0.25, 0.3) is 0 Å². The van der Waals surface area contributed by atoms with Crippen molar-refractivity contribution >= 4 is 17.3 Å². The molecule has 1 aliphatic heterocycles. The maximum absolute atomic E-state index is 11.2. The van der Waals surface area contributed by atoms with Crippen molar-refractivity contribution in [3.8, 4) is 0 Å². The minimum atomic E-state index is 0.0880. The molecular formula is C12H17N3O. The van der Waals surface area contributed by atoms with Crippen LogP contribution < -0.4 is 15.5 Å². The molecule has 0 unspecified atom stereocenters. The number of nitrogens with one attached hydrogen (secondary N) is 2. The van der Waals surface area contributed by atoms with E-state index in [4.69, 9.17) is 0 Å². The summed E-state index contributed by atoms with van der Waals surface area (Å²) >= 11 is 0. The van der Waals surface area contributed by atoms with Crippen LogP contribution >= 0.6 is 0 Å². The Labute approximate surface area is 95.6 Å². The molecule has 1 heterocycles. The SMILES string of the molecule is CNCCN(C)c1ccc2c(c1)CC(=O)N2. The molecule has 0 fully saturated rings. The van der Waals surface area contributed by atoms with Gasteiger partial charge >= 0.3 is 0 Å². The minimum Gasteiger partial charge on any atom is -0.373 e. The van der Waals surface area contributed by atoms with Crippen LogP contribution in [0.5, 0.6) is 0 Å². The lowest BCUT2D eigenvalue weighted by atomic mass is 10.1. The van der Waals surface area contributed by atoms with Gasteiger partial charge in [-0.15, -0.1) is 0 Å². The number of benzene rings is 1. The number of carbonyl (C=O) groups is 1. The second-order valence-corrected chi connectivity index (χ2v) is 4.09. The Morgan fingerprint density at radius 3 is 3.06 bits per heavy atom. The number of fused-ring (bicyclic) bond motifs is 1. The Bertz CT molecular complexity index is 403. The van der Waals surface area contributed by atoms with Crippen LogP contribution in [0.4, 0.5) is 11.4 Å². The number of nitrogens with zero attached hydrogens (tertiary/aromatic N) is 1. The average Bonchev–Trinajstić information content (AvgIpc) is 2.64. The van der Waals surface area contributed by atoms with E-state index in [2.05, 4.69) is 28.6 Å². The van der Waals surface area contributed by atoms with Crippen molar-refractivity contribution in [2.24, 2.45) is 0 Å². The van der Waals surface area contributed by atoms with Gasteiger partial charge in [0.15, 0.2) is 0 Å². The van der Waals surface area contributed by atoms with Gasteiger partial charge in [-0.1, -0.05) is 0 Å². The summed E-state index contributed by atoms with van der Waals surface area (Å²) in [7, 11) is 4.00. The monoisotopic (exact) mass is 219 g/mol. The van der Waals surface area contributed by atoms with Crippen molar-refractivity contribution < 1.29 is 4.79 Å². The number of amides is 1. The van der Waals surface area contributed by atoms with Crippen LogP contribution in [0.2, 0.25) is 0 Å². The molecule has 0 saturated heterocycles. The zero-order chi connectivity index (χ0) is 11.5. The van der Waals surface area contributed by atoms with Crippen molar-refractivity contribution in [3.63, 3.8) is 0 Å². The molecule has 2 rings (SSSR count). The van der Waals surface area contributed by atoms with Crippen molar-refractivity contribution in [2.45, 2.75) is 6.42 Å². The Balaban J connectivity index is 2.12. The molecule has 0 bridgehead atoms. The van der Waals surface area contributed by atoms with Gasteiger partial charge in [0.25, 0.3) is 0 Å². The fourth-order valence-electron chi connectivity index (χ4n) is 1.86. The summed E-state index contributed by atoms with van der Waals surface area (Å²) in [5.41, 5.74) is 3.21. The van der Waals surface area contributed by atoms with E-state index < -0.39 is 0 Å². The number of anilines is 2. The molecule has 4 nitrogen and oxygen atoms in total. The van der Waals surface area contributed by atoms with E-state index in [-0.39, 0.29) is 5.91 Å². The maximum Gasteiger partial charge on any atom is 0.228 e. The van der Waals surface area contributed by atoms with Crippen LogP contribution in [0.15, 0.2) is 18.2 Å². The zero-order valence-corrected chi connectivity index (χ0v) is 9.71. The third kappa shape index (κ3) is 2.17. The Morgan fingerprint density at radius 2 is 2.31 bits per heavy atom. The molecule has 0 radical (unpaired) electrons. The predicted octanol–water partition coefficient (Wildman–Crippen LogP) is 0.837. The lowest BCUT2D eigenvalue weighted by Crippen LogP contribution is -2.27. The molecule has 86 valence electrons. The summed E-state index contributed by atoms with van der Waals surface area (Å²) in [6, 6.07) is 6.11. The molecular weight excluding hydrogens is 202 g/mol. The van der Waals surface area contributed by atoms with E-state index in [1.807, 2.05) is 19.2 Å². The summed E-state index contributed by atoms with van der Waals surface area (Å²) in [4.78, 5) is 13.4. The number of hydrogen-bond acceptors (Lipinski definition) is 3. The van der Waals surface area contributed by atoms with Crippen molar-refractivity contribution in [3.05, 3.63) is 23.8 Å². The fraction of sp³-hybridized carbons (Fsp3) is 0.417. The van der Waals surface area contributed by atoms with Gasteiger partial charge in [0.1, 0.15) is 0 Å². The summed E-state index contributed by atoms with van der Waals surface area (Å²) in [6.07, 6.45) is 0.503. The topological polar surface area (TPSA) is 44.4 Å². The number of hydrogen-bond donors (Lipinski definition) is 2. The van der Waals surface area contributed by atoms with E-state index in [1.54, 1.807) is 0 Å². The number of carbonyl (C=O) groups excluding carboxylic acids is 1. The first-order valence-electron chi connectivity index (χ1n) is 5.49. The third-order valence-corrected chi connectivity index (χ3v) is 2.85. The summed E-state index contributed by atoms with van der Waals surface area (Å²) in [6.45, 7) is 1.90. The first kappa shape index (κ1) is 11.0. The number of likely N-dealkylation sites (N-methyl/N-ethyl adjacent to an activating group) is 2. The predicted molar refractivity (Wildman–Crippen MR) is 66.0 cm³/mol. The normalized spacial score (nSPS) is 13.5. The minimum absolute atomic E-state index is 0.0880. The van der Waals surface area contributed by atoms with E-state index in [9.17, 15) is 4.79 Å². The van der Waals surface area contributed by atoms with Gasteiger partial charge in [0, 0.05) is 31.5 Å². The zero-order valence-electron chi connectivity index (χ0n) is 9.71. The van der Waals surface area contributed by atoms with Crippen LogP contribution in [0.1, 0.15) is 5.56 Å². The Morgan fingerprint density at radius 1 is 1.50 bits per heavy atom. The summed E-state index contributed by atoms with van der Waals surface area (Å²) in [5, 5.41) is 5.96. The highest BCUT2D eigenvalue weighted by molar-refractivity contribution is 5.99. The average molecular weight is 219 g/mol. The van der Waals surface area contributed by atoms with Gasteiger partial charge in [-0.25, -0.2) is 0 Å². The molecule has 1 aromatic rings. The molecule has 0 aromatic heterocycles. The van der Waals surface area contributed by atoms with E-state index in [0.717, 1.165) is 30.0 Å². The van der Waals surface area contributed by atoms with Crippen molar-refractivity contribution in [1.82, 2.24) is 5.32 Å². The second kappa shape index (κ2) is 4.53. The van der Waals surface area contributed by atoms with Gasteiger partial charge in [-0.3, -0.25) is 4.79 Å². The Hall–Kier alpha value is -1.55. The highest BCUT2D eigenvalue weighted by atomic mass is 16.1. The van der Waals surface area contributed by atoms with Crippen LogP contribution in [0, 0.1) is 0 Å². The standard InChI is InChI=1S/C12H17N3O/c1-13-5-6-15(2)10-3-4-11-9(7-10)8-12(16)14-11/h3-4,7,13H,5-6,8H2,1-2H3,(H,14,16). The summed E-state index contributed by atoms with van der Waals surface area (Å²) in [5.74, 6) is 0.0880. The van der Waals surface area contributed by atoms with Crippen molar-refractivity contribution in [2.75, 3.05) is 37.4 Å². The molecule has 0 spiro atoms. The largest absolute Gasteiger partial charge is 0.373 e.